The van der Waals surface area contributed by atoms with Crippen molar-refractivity contribution in [2.24, 2.45) is 0 Å². The van der Waals surface area contributed by atoms with Crippen molar-refractivity contribution in [1.29, 1.82) is 0 Å². The van der Waals surface area contributed by atoms with E-state index in [4.69, 9.17) is 25.8 Å². The first kappa shape index (κ1) is 24.0. The summed E-state index contributed by atoms with van der Waals surface area (Å²) in [6, 6.07) is 11.2. The molecule has 0 aromatic heterocycles. The van der Waals surface area contributed by atoms with E-state index in [1.165, 1.54) is 0 Å². The van der Waals surface area contributed by atoms with Gasteiger partial charge in [0.15, 0.2) is 6.61 Å². The quantitative estimate of drug-likeness (QED) is 0.639. The SMILES string of the molecule is COc1ccc2c(c1)OCC(=O)N2Cc1cc(Cl)cc(N2CCN(C(=O)OC(C)(C)C)CC2)c1. The molecule has 2 aliphatic heterocycles. The van der Waals surface area contributed by atoms with Crippen LogP contribution in [0.25, 0.3) is 0 Å². The van der Waals surface area contributed by atoms with Crippen molar-refractivity contribution in [3.05, 3.63) is 47.0 Å². The van der Waals surface area contributed by atoms with Crippen LogP contribution in [0.1, 0.15) is 26.3 Å². The summed E-state index contributed by atoms with van der Waals surface area (Å²) >= 11 is 6.46. The molecule has 0 aliphatic carbocycles. The topological polar surface area (TPSA) is 71.6 Å². The Morgan fingerprint density at radius 1 is 1.09 bits per heavy atom. The Morgan fingerprint density at radius 2 is 1.82 bits per heavy atom. The summed E-state index contributed by atoms with van der Waals surface area (Å²) < 4.78 is 16.4. The fraction of sp³-hybridized carbons (Fsp3) is 0.440. The second kappa shape index (κ2) is 9.62. The average Bonchev–Trinajstić information content (AvgIpc) is 2.79. The highest BCUT2D eigenvalue weighted by molar-refractivity contribution is 6.31. The van der Waals surface area contributed by atoms with Gasteiger partial charge in [-0.25, -0.2) is 4.79 Å². The van der Waals surface area contributed by atoms with Crippen LogP contribution in [0.2, 0.25) is 5.02 Å². The van der Waals surface area contributed by atoms with Gasteiger partial charge < -0.3 is 28.9 Å². The fourth-order valence-electron chi connectivity index (χ4n) is 4.05. The lowest BCUT2D eigenvalue weighted by Gasteiger charge is -2.37. The lowest BCUT2D eigenvalue weighted by atomic mass is 10.1. The van der Waals surface area contributed by atoms with E-state index in [9.17, 15) is 9.59 Å². The summed E-state index contributed by atoms with van der Waals surface area (Å²) in [5, 5.41) is 0.595. The van der Waals surface area contributed by atoms with Crippen LogP contribution in [0.5, 0.6) is 11.5 Å². The summed E-state index contributed by atoms with van der Waals surface area (Å²) in [5.41, 5.74) is 2.05. The number of methoxy groups -OCH3 is 1. The predicted molar refractivity (Wildman–Crippen MR) is 131 cm³/mol. The zero-order valence-corrected chi connectivity index (χ0v) is 20.7. The Morgan fingerprint density at radius 3 is 2.50 bits per heavy atom. The lowest BCUT2D eigenvalue weighted by molar-refractivity contribution is -0.121. The minimum atomic E-state index is -0.517. The molecule has 8 nitrogen and oxygen atoms in total. The van der Waals surface area contributed by atoms with E-state index in [0.29, 0.717) is 54.9 Å². The maximum Gasteiger partial charge on any atom is 0.410 e. The summed E-state index contributed by atoms with van der Waals surface area (Å²) in [7, 11) is 1.59. The minimum absolute atomic E-state index is 0.0276. The van der Waals surface area contributed by atoms with E-state index in [2.05, 4.69) is 4.90 Å². The average molecular weight is 488 g/mol. The molecule has 2 aromatic rings. The number of amides is 2. The normalized spacial score (nSPS) is 16.1. The predicted octanol–water partition coefficient (Wildman–Crippen LogP) is 4.33. The standard InChI is InChI=1S/C25H30ClN3O5/c1-25(2,3)34-24(31)28-9-7-27(8-10-28)19-12-17(11-18(26)13-19)15-29-21-6-5-20(32-4)14-22(21)33-16-23(29)30/h5-6,11-14H,7-10,15-16H2,1-4H3. The third-order valence-electron chi connectivity index (χ3n) is 5.69. The first-order valence-electron chi connectivity index (χ1n) is 11.3. The molecule has 0 unspecified atom stereocenters. The van der Waals surface area contributed by atoms with E-state index >= 15 is 0 Å². The van der Waals surface area contributed by atoms with Gasteiger partial charge in [0.25, 0.3) is 5.91 Å². The summed E-state index contributed by atoms with van der Waals surface area (Å²) in [6.07, 6.45) is -0.292. The molecular formula is C25H30ClN3O5. The van der Waals surface area contributed by atoms with Gasteiger partial charge in [-0.15, -0.1) is 0 Å². The number of hydrogen-bond acceptors (Lipinski definition) is 6. The lowest BCUT2D eigenvalue weighted by Crippen LogP contribution is -2.50. The number of anilines is 2. The largest absolute Gasteiger partial charge is 0.497 e. The second-order valence-corrected chi connectivity index (χ2v) is 9.81. The molecule has 9 heteroatoms. The minimum Gasteiger partial charge on any atom is -0.497 e. The molecular weight excluding hydrogens is 458 g/mol. The molecule has 0 radical (unpaired) electrons. The van der Waals surface area contributed by atoms with Gasteiger partial charge in [0.2, 0.25) is 0 Å². The van der Waals surface area contributed by atoms with Crippen LogP contribution in [0.3, 0.4) is 0 Å². The molecule has 34 heavy (non-hydrogen) atoms. The number of carbonyl (C=O) groups is 2. The first-order chi connectivity index (χ1) is 16.1. The third-order valence-corrected chi connectivity index (χ3v) is 5.91. The molecule has 0 N–H and O–H groups in total. The number of halogens is 1. The molecule has 2 amide bonds. The monoisotopic (exact) mass is 487 g/mol. The van der Waals surface area contributed by atoms with Crippen LogP contribution in [0.4, 0.5) is 16.2 Å². The van der Waals surface area contributed by atoms with Crippen molar-refractivity contribution in [2.75, 3.05) is 49.7 Å². The third kappa shape index (κ3) is 5.50. The van der Waals surface area contributed by atoms with Gasteiger partial charge in [0.1, 0.15) is 17.1 Å². The molecule has 2 aromatic carbocycles. The molecule has 0 bridgehead atoms. The summed E-state index contributed by atoms with van der Waals surface area (Å²) in [4.78, 5) is 30.7. The Kier molecular flexibility index (Phi) is 6.79. The van der Waals surface area contributed by atoms with E-state index < -0.39 is 5.60 Å². The highest BCUT2D eigenvalue weighted by Gasteiger charge is 2.28. The van der Waals surface area contributed by atoms with Crippen molar-refractivity contribution in [1.82, 2.24) is 4.90 Å². The Hall–Kier alpha value is -3.13. The molecule has 2 heterocycles. The molecule has 1 fully saturated rings. The Bertz CT molecular complexity index is 1080. The van der Waals surface area contributed by atoms with Gasteiger partial charge in [-0.05, 0) is 56.7 Å². The molecule has 0 atom stereocenters. The number of hydrogen-bond donors (Lipinski definition) is 0. The molecule has 1 saturated heterocycles. The molecule has 0 saturated carbocycles. The molecule has 4 rings (SSSR count). The van der Waals surface area contributed by atoms with E-state index in [1.54, 1.807) is 29.0 Å². The first-order valence-corrected chi connectivity index (χ1v) is 11.6. The van der Waals surface area contributed by atoms with Crippen molar-refractivity contribution in [2.45, 2.75) is 32.9 Å². The van der Waals surface area contributed by atoms with Crippen LogP contribution in [0.15, 0.2) is 36.4 Å². The molecule has 0 spiro atoms. The van der Waals surface area contributed by atoms with Crippen molar-refractivity contribution in [3.63, 3.8) is 0 Å². The zero-order valence-electron chi connectivity index (χ0n) is 20.0. The molecule has 2 aliphatic rings. The number of nitrogens with zero attached hydrogens (tertiary/aromatic N) is 3. The smallest absolute Gasteiger partial charge is 0.410 e. The number of rotatable bonds is 4. The van der Waals surface area contributed by atoms with Crippen molar-refractivity contribution in [3.8, 4) is 11.5 Å². The number of piperazine rings is 1. The van der Waals surface area contributed by atoms with Crippen molar-refractivity contribution < 1.29 is 23.8 Å². The van der Waals surface area contributed by atoms with E-state index in [0.717, 1.165) is 11.3 Å². The number of ether oxygens (including phenoxy) is 3. The zero-order chi connectivity index (χ0) is 24.5. The van der Waals surface area contributed by atoms with Gasteiger partial charge in [-0.2, -0.15) is 0 Å². The van der Waals surface area contributed by atoms with Crippen LogP contribution in [-0.4, -0.2) is 62.4 Å². The summed E-state index contributed by atoms with van der Waals surface area (Å²) in [5.74, 6) is 1.16. The van der Waals surface area contributed by atoms with Crippen LogP contribution in [-0.2, 0) is 16.1 Å². The highest BCUT2D eigenvalue weighted by Crippen LogP contribution is 2.36. The second-order valence-electron chi connectivity index (χ2n) is 9.37. The van der Waals surface area contributed by atoms with Gasteiger partial charge in [0, 0.05) is 43.0 Å². The highest BCUT2D eigenvalue weighted by atomic mass is 35.5. The van der Waals surface area contributed by atoms with Gasteiger partial charge in [-0.1, -0.05) is 11.6 Å². The fourth-order valence-corrected chi connectivity index (χ4v) is 4.30. The van der Waals surface area contributed by atoms with E-state index in [-0.39, 0.29) is 18.6 Å². The number of carbonyl (C=O) groups excluding carboxylic acids is 2. The maximum absolute atomic E-state index is 12.7. The van der Waals surface area contributed by atoms with Gasteiger partial charge in [0.05, 0.1) is 19.3 Å². The number of benzene rings is 2. The Balaban J connectivity index is 1.48. The van der Waals surface area contributed by atoms with Crippen LogP contribution in [0, 0.1) is 0 Å². The van der Waals surface area contributed by atoms with Crippen LogP contribution >= 0.6 is 11.6 Å². The molecule has 182 valence electrons. The van der Waals surface area contributed by atoms with Crippen molar-refractivity contribution >= 4 is 35.0 Å². The van der Waals surface area contributed by atoms with E-state index in [1.807, 2.05) is 45.0 Å². The van der Waals surface area contributed by atoms with Gasteiger partial charge in [-0.3, -0.25) is 4.79 Å². The summed E-state index contributed by atoms with van der Waals surface area (Å²) in [6.45, 7) is 8.39. The maximum atomic E-state index is 12.7. The van der Waals surface area contributed by atoms with Crippen LogP contribution < -0.4 is 19.3 Å². The van der Waals surface area contributed by atoms with Gasteiger partial charge >= 0.3 is 6.09 Å². The number of fused-ring (bicyclic) bond motifs is 1. The Labute approximate surface area is 204 Å².